The zero-order chi connectivity index (χ0) is 32.7. The van der Waals surface area contributed by atoms with Crippen LogP contribution in [0.2, 0.25) is 0 Å². The van der Waals surface area contributed by atoms with E-state index in [2.05, 4.69) is 9.80 Å². The minimum absolute atomic E-state index is 0.0315. The number of non-ortho nitro benzene ring substituents is 2. The fourth-order valence-electron chi connectivity index (χ4n) is 9.44. The molecule has 1 aliphatic carbocycles. The van der Waals surface area contributed by atoms with Crippen molar-refractivity contribution in [2.45, 2.75) is 36.8 Å². The normalized spacial score (nSPS) is 28.1. The molecule has 236 valence electrons. The highest BCUT2D eigenvalue weighted by atomic mass is 16.6. The molecule has 4 aromatic rings. The molecule has 4 atom stereocenters. The molecule has 47 heavy (non-hydrogen) atoms. The molecule has 10 nitrogen and oxygen atoms in total. The highest BCUT2D eigenvalue weighted by molar-refractivity contribution is 6.24. The Morgan fingerprint density at radius 2 is 1.49 bits per heavy atom. The van der Waals surface area contributed by atoms with Gasteiger partial charge in [0.25, 0.3) is 11.4 Å². The quantitative estimate of drug-likeness (QED) is 0.147. The maximum Gasteiger partial charge on any atom is 0.269 e. The lowest BCUT2D eigenvalue weighted by atomic mass is 9.54. The average molecular weight is 629 g/mol. The second-order valence-corrected chi connectivity index (χ2v) is 13.3. The Labute approximate surface area is 270 Å². The van der Waals surface area contributed by atoms with E-state index in [0.717, 1.165) is 41.2 Å². The molecule has 0 N–H and O–H groups in total. The molecule has 0 bridgehead atoms. The van der Waals surface area contributed by atoms with Gasteiger partial charge in [0.1, 0.15) is 5.54 Å². The van der Waals surface area contributed by atoms with Crippen molar-refractivity contribution in [3.8, 4) is 0 Å². The van der Waals surface area contributed by atoms with Crippen LogP contribution in [0.3, 0.4) is 0 Å². The van der Waals surface area contributed by atoms with Crippen molar-refractivity contribution in [1.29, 1.82) is 0 Å². The smallest absolute Gasteiger partial charge is 0.269 e. The minimum Gasteiger partial charge on any atom is -0.301 e. The van der Waals surface area contributed by atoms with Crippen molar-refractivity contribution in [1.82, 2.24) is 9.80 Å². The number of likely N-dealkylation sites (tertiary alicyclic amines) is 1. The third-order valence-electron chi connectivity index (χ3n) is 11.0. The predicted molar refractivity (Wildman–Crippen MR) is 176 cm³/mol. The van der Waals surface area contributed by atoms with Crippen molar-refractivity contribution < 1.29 is 19.4 Å². The zero-order valence-electron chi connectivity index (χ0n) is 25.8. The standard InChI is InChI=1S/C37H32N4O6/c1-38-21-26(20-23-11-15-27(16-12-23)40(44)45)34(42)36(22-38)33(25-13-17-28(18-14-25)41(46)47)31-10-2-3-19-39(31)37(36)30-9-5-7-24-6-4-8-29(32(24)30)35(37)43/h4-9,11-18,20,31,33H,2-3,10,19,21-22H2,1H3/b26-20+/t31-,33-,36-,37-/m0/s1. The first kappa shape index (κ1) is 29.3. The molecule has 0 saturated carbocycles. The van der Waals surface area contributed by atoms with Gasteiger partial charge in [-0.3, -0.25) is 34.7 Å². The van der Waals surface area contributed by atoms with Gasteiger partial charge in [0.05, 0.1) is 15.3 Å². The first-order valence-corrected chi connectivity index (χ1v) is 15.9. The fraction of sp³-hybridized carbons (Fsp3) is 0.297. The SMILES string of the molecule is CN1C/C(=C\c2ccc([N+](=O)[O-])cc2)C(=O)[C@]2(C1)[C@@H](c1ccc([N+](=O)[O-])cc1)[C@@H]1CCCCN1[C@@]21C(=O)c2cccc3cccc1c23. The number of carbonyl (C=O) groups is 2. The molecule has 10 heteroatoms. The molecule has 0 radical (unpaired) electrons. The summed E-state index contributed by atoms with van der Waals surface area (Å²) in [6.07, 6.45) is 4.41. The highest BCUT2D eigenvalue weighted by Crippen LogP contribution is 2.69. The van der Waals surface area contributed by atoms with Crippen LogP contribution in [0.15, 0.2) is 90.5 Å². The fourth-order valence-corrected chi connectivity index (χ4v) is 9.44. The Balaban J connectivity index is 1.42. The van der Waals surface area contributed by atoms with Gasteiger partial charge in [0, 0.05) is 60.5 Å². The number of carbonyl (C=O) groups excluding carboxylic acids is 2. The molecule has 0 aromatic heterocycles. The number of nitrogens with zero attached hydrogens (tertiary/aromatic N) is 4. The number of Topliss-reactive ketones (excluding diaryl/α,β-unsaturated/α-hetero) is 2. The summed E-state index contributed by atoms with van der Waals surface area (Å²) in [5.41, 5.74) is 0.811. The van der Waals surface area contributed by atoms with Crippen LogP contribution in [-0.2, 0) is 10.3 Å². The van der Waals surface area contributed by atoms with Crippen molar-refractivity contribution in [2.24, 2.45) is 5.41 Å². The molecular formula is C37H32N4O6. The van der Waals surface area contributed by atoms with Crippen LogP contribution in [0.25, 0.3) is 16.8 Å². The third-order valence-corrected chi connectivity index (χ3v) is 11.0. The van der Waals surface area contributed by atoms with E-state index >= 15 is 9.59 Å². The highest BCUT2D eigenvalue weighted by Gasteiger charge is 2.77. The van der Waals surface area contributed by atoms with E-state index in [-0.39, 0.29) is 29.0 Å². The number of ketones is 2. The average Bonchev–Trinajstić information content (AvgIpc) is 3.48. The first-order chi connectivity index (χ1) is 22.7. The van der Waals surface area contributed by atoms with Gasteiger partial charge in [-0.05, 0) is 72.1 Å². The maximum atomic E-state index is 15.7. The Morgan fingerprint density at radius 1 is 0.830 bits per heavy atom. The summed E-state index contributed by atoms with van der Waals surface area (Å²) in [4.78, 5) is 57.6. The van der Waals surface area contributed by atoms with Crippen molar-refractivity contribution in [3.63, 3.8) is 0 Å². The lowest BCUT2D eigenvalue weighted by molar-refractivity contribution is -0.385. The van der Waals surface area contributed by atoms with Gasteiger partial charge in [-0.1, -0.05) is 55.0 Å². The Kier molecular flexibility index (Phi) is 6.54. The topological polar surface area (TPSA) is 127 Å². The molecule has 3 fully saturated rings. The van der Waals surface area contributed by atoms with Crippen molar-refractivity contribution in [2.75, 3.05) is 26.7 Å². The van der Waals surface area contributed by atoms with E-state index in [0.29, 0.717) is 36.3 Å². The molecule has 3 aliphatic heterocycles. The maximum absolute atomic E-state index is 15.7. The van der Waals surface area contributed by atoms with Crippen LogP contribution < -0.4 is 0 Å². The summed E-state index contributed by atoms with van der Waals surface area (Å²) in [5, 5.41) is 24.8. The van der Waals surface area contributed by atoms with Crippen LogP contribution >= 0.6 is 0 Å². The van der Waals surface area contributed by atoms with Crippen molar-refractivity contribution >= 4 is 39.8 Å². The molecule has 8 rings (SSSR count). The number of benzene rings is 4. The van der Waals surface area contributed by atoms with Crippen LogP contribution in [0.4, 0.5) is 11.4 Å². The van der Waals surface area contributed by atoms with Gasteiger partial charge in [-0.2, -0.15) is 0 Å². The number of piperidine rings is 2. The lowest BCUT2D eigenvalue weighted by Gasteiger charge is -2.52. The molecule has 3 heterocycles. The van der Waals surface area contributed by atoms with Gasteiger partial charge in [0.15, 0.2) is 11.6 Å². The van der Waals surface area contributed by atoms with E-state index in [1.807, 2.05) is 43.4 Å². The van der Waals surface area contributed by atoms with E-state index in [4.69, 9.17) is 0 Å². The summed E-state index contributed by atoms with van der Waals surface area (Å²) in [6, 6.07) is 24.3. The summed E-state index contributed by atoms with van der Waals surface area (Å²) in [7, 11) is 1.96. The monoisotopic (exact) mass is 628 g/mol. The van der Waals surface area contributed by atoms with Crippen LogP contribution in [0.1, 0.15) is 52.2 Å². The van der Waals surface area contributed by atoms with E-state index in [1.54, 1.807) is 30.3 Å². The number of hydrogen-bond acceptors (Lipinski definition) is 8. The Morgan fingerprint density at radius 3 is 2.17 bits per heavy atom. The van der Waals surface area contributed by atoms with E-state index in [9.17, 15) is 20.2 Å². The lowest BCUT2D eigenvalue weighted by Crippen LogP contribution is -2.65. The largest absolute Gasteiger partial charge is 0.301 e. The summed E-state index contributed by atoms with van der Waals surface area (Å²) in [6.45, 7) is 1.30. The minimum atomic E-state index is -1.30. The van der Waals surface area contributed by atoms with E-state index in [1.165, 1.54) is 24.3 Å². The Bertz CT molecular complexity index is 2040. The molecule has 4 aliphatic rings. The van der Waals surface area contributed by atoms with E-state index < -0.39 is 26.7 Å². The molecule has 0 amide bonds. The van der Waals surface area contributed by atoms with Crippen LogP contribution in [-0.4, -0.2) is 63.9 Å². The second kappa shape index (κ2) is 10.5. The number of rotatable bonds is 4. The Hall–Kier alpha value is -5.06. The van der Waals surface area contributed by atoms with Gasteiger partial charge < -0.3 is 4.90 Å². The number of likely N-dealkylation sites (N-methyl/N-ethyl adjacent to an activating group) is 1. The summed E-state index contributed by atoms with van der Waals surface area (Å²) in [5.74, 6) is -0.628. The van der Waals surface area contributed by atoms with Gasteiger partial charge >= 0.3 is 0 Å². The molecular weight excluding hydrogens is 596 g/mol. The third kappa shape index (κ3) is 3.91. The molecule has 3 saturated heterocycles. The zero-order valence-corrected chi connectivity index (χ0v) is 25.8. The number of hydrogen-bond donors (Lipinski definition) is 0. The van der Waals surface area contributed by atoms with Crippen molar-refractivity contribution in [3.05, 3.63) is 133 Å². The second-order valence-electron chi connectivity index (χ2n) is 13.3. The number of nitro benzene ring substituents is 2. The molecule has 2 spiro atoms. The van der Waals surface area contributed by atoms with Gasteiger partial charge in [-0.15, -0.1) is 0 Å². The van der Waals surface area contributed by atoms with Crippen LogP contribution in [0, 0.1) is 25.6 Å². The van der Waals surface area contributed by atoms with Crippen LogP contribution in [0.5, 0.6) is 0 Å². The number of nitro groups is 2. The summed E-state index contributed by atoms with van der Waals surface area (Å²) < 4.78 is 0. The van der Waals surface area contributed by atoms with Gasteiger partial charge in [0.2, 0.25) is 0 Å². The predicted octanol–water partition coefficient (Wildman–Crippen LogP) is 6.28. The first-order valence-electron chi connectivity index (χ1n) is 15.9. The summed E-state index contributed by atoms with van der Waals surface area (Å²) >= 11 is 0. The molecule has 4 aromatic carbocycles. The number of fused-ring (bicyclic) bond motifs is 4. The molecule has 0 unspecified atom stereocenters. The van der Waals surface area contributed by atoms with Gasteiger partial charge in [-0.25, -0.2) is 0 Å².